The fraction of sp³-hybridized carbons (Fsp3) is 0.381. The van der Waals surface area contributed by atoms with Crippen molar-refractivity contribution in [1.82, 2.24) is 10.2 Å². The Labute approximate surface area is 180 Å². The first-order chi connectivity index (χ1) is 14.0. The summed E-state index contributed by atoms with van der Waals surface area (Å²) in [5.74, 6) is -2.41. The van der Waals surface area contributed by atoms with Crippen molar-refractivity contribution in [1.29, 1.82) is 0 Å². The van der Waals surface area contributed by atoms with Gasteiger partial charge in [0.1, 0.15) is 0 Å². The average Bonchev–Trinajstić information content (AvgIpc) is 2.74. The maximum atomic E-state index is 12.4. The molecule has 156 valence electrons. The van der Waals surface area contributed by atoms with Gasteiger partial charge >= 0.3 is 0 Å². The van der Waals surface area contributed by atoms with E-state index in [2.05, 4.69) is 51.6 Å². The van der Waals surface area contributed by atoms with Crippen LogP contribution in [-0.4, -0.2) is 54.5 Å². The van der Waals surface area contributed by atoms with E-state index in [-0.39, 0.29) is 0 Å². The first-order valence-electron chi connectivity index (χ1n) is 9.65. The van der Waals surface area contributed by atoms with Crippen molar-refractivity contribution in [2.75, 3.05) is 42.9 Å². The predicted octanol–water partition coefficient (Wildman–Crippen LogP) is 4.50. The first-order valence-corrected chi connectivity index (χ1v) is 10.9. The van der Waals surface area contributed by atoms with Crippen molar-refractivity contribution in [3.8, 4) is 0 Å². The van der Waals surface area contributed by atoms with Crippen LogP contribution in [0, 0.1) is 0 Å². The topological polar surface area (TPSA) is 30.5 Å². The summed E-state index contributed by atoms with van der Waals surface area (Å²) in [5, 5.41) is 6.90. The van der Waals surface area contributed by atoms with Gasteiger partial charge in [0.25, 0.3) is 5.76 Å². The van der Waals surface area contributed by atoms with Gasteiger partial charge in [-0.1, -0.05) is 30.0 Å². The SMILES string of the molecule is CC(CNC(=S)Nc1ccc(SC(F)F)cc1)N1CCN(c2ccccc2)CC1. The number of piperazine rings is 1. The van der Waals surface area contributed by atoms with Gasteiger partial charge in [0.15, 0.2) is 5.11 Å². The standard InChI is InChI=1S/C21H26F2N4S2/c1-16(26-11-13-27(14-12-26)18-5-3-2-4-6-18)15-24-21(28)25-17-7-9-19(10-8-17)29-20(22)23/h2-10,16,20H,11-15H2,1H3,(H2,24,25,28). The van der Waals surface area contributed by atoms with Crippen LogP contribution >= 0.6 is 24.0 Å². The second-order valence-electron chi connectivity index (χ2n) is 6.95. The zero-order chi connectivity index (χ0) is 20.6. The number of nitrogens with zero attached hydrogens (tertiary/aromatic N) is 2. The van der Waals surface area contributed by atoms with Crippen LogP contribution in [0.25, 0.3) is 0 Å². The minimum atomic E-state index is -2.41. The number of thiocarbonyl (C=S) groups is 1. The summed E-state index contributed by atoms with van der Waals surface area (Å²) < 4.78 is 24.8. The molecule has 29 heavy (non-hydrogen) atoms. The second kappa shape index (κ2) is 10.8. The molecule has 1 heterocycles. The number of halogens is 2. The van der Waals surface area contributed by atoms with Gasteiger partial charge in [-0.05, 0) is 55.5 Å². The van der Waals surface area contributed by atoms with E-state index in [0.29, 0.717) is 27.8 Å². The van der Waals surface area contributed by atoms with Gasteiger partial charge in [-0.2, -0.15) is 8.78 Å². The summed E-state index contributed by atoms with van der Waals surface area (Å²) >= 11 is 5.90. The summed E-state index contributed by atoms with van der Waals surface area (Å²) in [6, 6.07) is 17.7. The highest BCUT2D eigenvalue weighted by atomic mass is 32.2. The molecule has 2 N–H and O–H groups in total. The zero-order valence-electron chi connectivity index (χ0n) is 16.4. The molecule has 0 saturated carbocycles. The normalized spacial score (nSPS) is 15.9. The van der Waals surface area contributed by atoms with E-state index >= 15 is 0 Å². The van der Waals surface area contributed by atoms with Crippen molar-refractivity contribution in [3.05, 3.63) is 54.6 Å². The highest BCUT2D eigenvalue weighted by molar-refractivity contribution is 7.99. The predicted molar refractivity (Wildman–Crippen MR) is 122 cm³/mol. The second-order valence-corrected chi connectivity index (χ2v) is 8.42. The number of nitrogens with one attached hydrogen (secondary N) is 2. The molecular formula is C21H26F2N4S2. The number of thioether (sulfide) groups is 1. The van der Waals surface area contributed by atoms with Crippen molar-refractivity contribution in [2.45, 2.75) is 23.6 Å². The number of rotatable bonds is 7. The maximum Gasteiger partial charge on any atom is 0.288 e. The van der Waals surface area contributed by atoms with Crippen LogP contribution in [0.4, 0.5) is 20.2 Å². The monoisotopic (exact) mass is 436 g/mol. The number of anilines is 2. The van der Waals surface area contributed by atoms with Gasteiger partial charge < -0.3 is 15.5 Å². The molecule has 2 aromatic carbocycles. The molecule has 8 heteroatoms. The molecule has 1 unspecified atom stereocenters. The Hall–Kier alpha value is -1.90. The Morgan fingerprint density at radius 1 is 1.03 bits per heavy atom. The lowest BCUT2D eigenvalue weighted by Crippen LogP contribution is -2.52. The van der Waals surface area contributed by atoms with Crippen LogP contribution in [0.2, 0.25) is 0 Å². The molecule has 1 aliphatic rings. The molecule has 1 aliphatic heterocycles. The molecule has 1 fully saturated rings. The van der Waals surface area contributed by atoms with E-state index in [0.717, 1.165) is 38.4 Å². The number of para-hydroxylation sites is 1. The number of benzene rings is 2. The molecule has 0 aliphatic carbocycles. The summed E-state index contributed by atoms with van der Waals surface area (Å²) in [4.78, 5) is 5.41. The molecule has 0 radical (unpaired) electrons. The Morgan fingerprint density at radius 3 is 2.31 bits per heavy atom. The van der Waals surface area contributed by atoms with Crippen LogP contribution in [0.5, 0.6) is 0 Å². The minimum Gasteiger partial charge on any atom is -0.369 e. The molecule has 1 atom stereocenters. The summed E-state index contributed by atoms with van der Waals surface area (Å²) in [7, 11) is 0. The highest BCUT2D eigenvalue weighted by Gasteiger charge is 2.21. The van der Waals surface area contributed by atoms with E-state index in [1.807, 2.05) is 6.07 Å². The summed E-state index contributed by atoms with van der Waals surface area (Å²) in [6.45, 7) is 7.00. The van der Waals surface area contributed by atoms with E-state index in [1.165, 1.54) is 5.69 Å². The zero-order valence-corrected chi connectivity index (χ0v) is 18.0. The van der Waals surface area contributed by atoms with E-state index in [4.69, 9.17) is 12.2 Å². The third kappa shape index (κ3) is 6.83. The van der Waals surface area contributed by atoms with Crippen LogP contribution in [0.15, 0.2) is 59.5 Å². The Balaban J connectivity index is 1.39. The van der Waals surface area contributed by atoms with Gasteiger partial charge in [0.05, 0.1) is 0 Å². The van der Waals surface area contributed by atoms with Gasteiger partial charge in [0.2, 0.25) is 0 Å². The van der Waals surface area contributed by atoms with E-state index in [9.17, 15) is 8.78 Å². The van der Waals surface area contributed by atoms with Crippen molar-refractivity contribution < 1.29 is 8.78 Å². The number of hydrogen-bond donors (Lipinski definition) is 2. The molecule has 1 saturated heterocycles. The van der Waals surface area contributed by atoms with Crippen molar-refractivity contribution in [3.63, 3.8) is 0 Å². The Bertz CT molecular complexity index is 766. The molecule has 4 nitrogen and oxygen atoms in total. The molecule has 3 rings (SSSR count). The van der Waals surface area contributed by atoms with Gasteiger partial charge in [-0.15, -0.1) is 0 Å². The van der Waals surface area contributed by atoms with Crippen LogP contribution in [-0.2, 0) is 0 Å². The molecule has 0 spiro atoms. The highest BCUT2D eigenvalue weighted by Crippen LogP contribution is 2.26. The minimum absolute atomic E-state index is 0.359. The van der Waals surface area contributed by atoms with Crippen LogP contribution in [0.1, 0.15) is 6.92 Å². The Kier molecular flexibility index (Phi) is 8.09. The lowest BCUT2D eigenvalue weighted by atomic mass is 10.2. The Morgan fingerprint density at radius 2 is 1.69 bits per heavy atom. The largest absolute Gasteiger partial charge is 0.369 e. The molecule has 0 amide bonds. The fourth-order valence-electron chi connectivity index (χ4n) is 3.32. The molecular weight excluding hydrogens is 410 g/mol. The summed E-state index contributed by atoms with van der Waals surface area (Å²) in [5.41, 5.74) is 2.06. The van der Waals surface area contributed by atoms with Gasteiger partial charge in [0, 0.05) is 55.0 Å². The summed E-state index contributed by atoms with van der Waals surface area (Å²) in [6.07, 6.45) is 0. The first kappa shape index (κ1) is 21.8. The van der Waals surface area contributed by atoms with E-state index in [1.54, 1.807) is 24.3 Å². The fourth-order valence-corrected chi connectivity index (χ4v) is 4.02. The van der Waals surface area contributed by atoms with Crippen LogP contribution in [0.3, 0.4) is 0 Å². The smallest absolute Gasteiger partial charge is 0.288 e. The molecule has 0 bridgehead atoms. The van der Waals surface area contributed by atoms with Crippen LogP contribution < -0.4 is 15.5 Å². The van der Waals surface area contributed by atoms with E-state index < -0.39 is 5.76 Å². The average molecular weight is 437 g/mol. The lowest BCUT2D eigenvalue weighted by Gasteiger charge is -2.39. The molecule has 0 aromatic heterocycles. The lowest BCUT2D eigenvalue weighted by molar-refractivity contribution is 0.198. The van der Waals surface area contributed by atoms with Crippen molar-refractivity contribution in [2.24, 2.45) is 0 Å². The van der Waals surface area contributed by atoms with Gasteiger partial charge in [-0.3, -0.25) is 4.90 Å². The van der Waals surface area contributed by atoms with Crippen molar-refractivity contribution >= 4 is 40.5 Å². The number of hydrogen-bond acceptors (Lipinski definition) is 4. The maximum absolute atomic E-state index is 12.4. The third-order valence-electron chi connectivity index (χ3n) is 4.95. The quantitative estimate of drug-likeness (QED) is 0.491. The number of alkyl halides is 2. The third-order valence-corrected chi connectivity index (χ3v) is 5.92. The van der Waals surface area contributed by atoms with Gasteiger partial charge in [-0.25, -0.2) is 0 Å². The molecule has 2 aromatic rings.